The van der Waals surface area contributed by atoms with Gasteiger partial charge in [0.1, 0.15) is 0 Å². The molecule has 0 saturated heterocycles. The average Bonchev–Trinajstić information content (AvgIpc) is 3.16. The third-order valence-electron chi connectivity index (χ3n) is 5.14. The molecular weight excluding hydrogens is 465 g/mol. The van der Waals surface area contributed by atoms with Crippen molar-refractivity contribution in [3.8, 4) is 0 Å². The summed E-state index contributed by atoms with van der Waals surface area (Å²) in [6, 6.07) is 13.2. The van der Waals surface area contributed by atoms with Crippen molar-refractivity contribution in [3.05, 3.63) is 80.6 Å². The van der Waals surface area contributed by atoms with Crippen molar-refractivity contribution in [1.82, 2.24) is 19.6 Å². The Morgan fingerprint density at radius 1 is 1.06 bits per heavy atom. The highest BCUT2D eigenvalue weighted by Crippen LogP contribution is 2.24. The summed E-state index contributed by atoms with van der Waals surface area (Å²) in [4.78, 5) is 21.4. The molecule has 0 unspecified atom stereocenters. The van der Waals surface area contributed by atoms with E-state index >= 15 is 0 Å². The number of benzene rings is 2. The predicted molar refractivity (Wildman–Crippen MR) is 130 cm³/mol. The lowest BCUT2D eigenvalue weighted by atomic mass is 10.0. The molecule has 1 amide bonds. The third kappa shape index (κ3) is 4.90. The van der Waals surface area contributed by atoms with Gasteiger partial charge in [-0.2, -0.15) is 4.98 Å². The maximum atomic E-state index is 12.3. The second-order valence-corrected chi connectivity index (χ2v) is 9.19. The fraction of sp³-hybridized carbons (Fsp3) is 0.217. The zero-order valence-corrected chi connectivity index (χ0v) is 20.1. The van der Waals surface area contributed by atoms with Gasteiger partial charge in [-0.25, -0.2) is 9.50 Å². The molecule has 2 aromatic carbocycles. The van der Waals surface area contributed by atoms with Crippen LogP contribution in [0.2, 0.25) is 10.0 Å². The molecule has 0 fully saturated rings. The number of nitrogens with zero attached hydrogens (tertiary/aromatic N) is 4. The maximum absolute atomic E-state index is 12.3. The van der Waals surface area contributed by atoms with Gasteiger partial charge in [0.15, 0.2) is 0 Å². The van der Waals surface area contributed by atoms with Crippen LogP contribution in [0.5, 0.6) is 0 Å². The lowest BCUT2D eigenvalue weighted by Gasteiger charge is -2.11. The molecule has 0 aliphatic rings. The van der Waals surface area contributed by atoms with E-state index in [0.29, 0.717) is 28.1 Å². The van der Waals surface area contributed by atoms with Crippen molar-refractivity contribution in [2.45, 2.75) is 32.3 Å². The highest BCUT2D eigenvalue weighted by molar-refractivity contribution is 7.99. The minimum Gasteiger partial charge on any atom is -0.325 e. The fourth-order valence-corrected chi connectivity index (χ4v) is 4.34. The number of thioether (sulfide) groups is 1. The Kier molecular flexibility index (Phi) is 6.69. The van der Waals surface area contributed by atoms with E-state index in [2.05, 4.69) is 20.4 Å². The quantitative estimate of drug-likeness (QED) is 0.355. The number of aromatic nitrogens is 4. The van der Waals surface area contributed by atoms with E-state index < -0.39 is 0 Å². The molecule has 9 heteroatoms. The van der Waals surface area contributed by atoms with E-state index in [1.165, 1.54) is 11.8 Å². The summed E-state index contributed by atoms with van der Waals surface area (Å²) in [6.45, 7) is 5.86. The normalized spacial score (nSPS) is 11.2. The van der Waals surface area contributed by atoms with Crippen LogP contribution in [-0.2, 0) is 11.2 Å². The first-order valence-corrected chi connectivity index (χ1v) is 11.7. The van der Waals surface area contributed by atoms with E-state index in [1.807, 2.05) is 57.2 Å². The number of halogens is 2. The van der Waals surface area contributed by atoms with Crippen molar-refractivity contribution in [2.75, 3.05) is 11.1 Å². The highest BCUT2D eigenvalue weighted by Gasteiger charge is 2.16. The van der Waals surface area contributed by atoms with Crippen LogP contribution in [0.25, 0.3) is 5.78 Å². The number of aryl methyl sites for hydroxylation is 3. The number of carbonyl (C=O) groups is 1. The van der Waals surface area contributed by atoms with Crippen LogP contribution in [0.1, 0.15) is 28.1 Å². The molecule has 0 radical (unpaired) electrons. The lowest BCUT2D eigenvalue weighted by Crippen LogP contribution is -2.14. The molecule has 6 nitrogen and oxygen atoms in total. The molecule has 4 rings (SSSR count). The van der Waals surface area contributed by atoms with Gasteiger partial charge in [0.05, 0.1) is 5.75 Å². The molecule has 0 spiro atoms. The molecule has 0 aliphatic heterocycles. The number of amides is 1. The standard InChI is InChI=1S/C23H21Cl2N5OS/c1-13-8-9-17(11-20(13)25)27-21(31)12-32-23-28-22-26-14(2)18(15(3)30(22)29-23)10-16-6-4-5-7-19(16)24/h4-9,11H,10,12H2,1-3H3,(H,27,31). The summed E-state index contributed by atoms with van der Waals surface area (Å²) in [5, 5.41) is 9.23. The van der Waals surface area contributed by atoms with E-state index in [9.17, 15) is 4.79 Å². The number of hydrogen-bond acceptors (Lipinski definition) is 5. The van der Waals surface area contributed by atoms with Gasteiger partial charge in [0.25, 0.3) is 5.78 Å². The minimum absolute atomic E-state index is 0.158. The molecule has 0 atom stereocenters. The van der Waals surface area contributed by atoms with Gasteiger partial charge in [-0.3, -0.25) is 4.79 Å². The Morgan fingerprint density at radius 2 is 1.84 bits per heavy atom. The molecular formula is C23H21Cl2N5OS. The van der Waals surface area contributed by atoms with Gasteiger partial charge in [-0.1, -0.05) is 59.2 Å². The Hall–Kier alpha value is -2.61. The highest BCUT2D eigenvalue weighted by atomic mass is 35.5. The maximum Gasteiger partial charge on any atom is 0.253 e. The summed E-state index contributed by atoms with van der Waals surface area (Å²) in [7, 11) is 0. The number of nitrogens with one attached hydrogen (secondary N) is 1. The monoisotopic (exact) mass is 485 g/mol. The summed E-state index contributed by atoms with van der Waals surface area (Å²) < 4.78 is 1.72. The molecule has 0 aliphatic carbocycles. The van der Waals surface area contributed by atoms with E-state index in [4.69, 9.17) is 23.2 Å². The van der Waals surface area contributed by atoms with E-state index in [0.717, 1.165) is 33.1 Å². The number of rotatable bonds is 6. The van der Waals surface area contributed by atoms with Crippen LogP contribution < -0.4 is 5.32 Å². The number of fused-ring (bicyclic) bond motifs is 1. The summed E-state index contributed by atoms with van der Waals surface area (Å²) in [5.41, 5.74) is 5.54. The second kappa shape index (κ2) is 9.48. The Bertz CT molecular complexity index is 1320. The Morgan fingerprint density at radius 3 is 2.59 bits per heavy atom. The molecule has 1 N–H and O–H groups in total. The topological polar surface area (TPSA) is 72.2 Å². The van der Waals surface area contributed by atoms with Gasteiger partial charge < -0.3 is 5.32 Å². The molecule has 0 bridgehead atoms. The van der Waals surface area contributed by atoms with Crippen molar-refractivity contribution in [1.29, 1.82) is 0 Å². The number of carbonyl (C=O) groups excluding carboxylic acids is 1. The molecule has 2 aromatic heterocycles. The summed E-state index contributed by atoms with van der Waals surface area (Å²) in [5.74, 6) is 0.526. The zero-order valence-electron chi connectivity index (χ0n) is 17.8. The fourth-order valence-electron chi connectivity index (χ4n) is 3.34. The molecule has 0 saturated carbocycles. The van der Waals surface area contributed by atoms with Crippen molar-refractivity contribution >= 4 is 52.3 Å². The first-order chi connectivity index (χ1) is 15.3. The number of hydrogen-bond donors (Lipinski definition) is 1. The molecule has 2 heterocycles. The summed E-state index contributed by atoms with van der Waals surface area (Å²) in [6.07, 6.45) is 0.657. The smallest absolute Gasteiger partial charge is 0.253 e. The Labute approximate surface area is 200 Å². The van der Waals surface area contributed by atoms with Gasteiger partial charge in [0.2, 0.25) is 11.1 Å². The largest absolute Gasteiger partial charge is 0.325 e. The first-order valence-electron chi connectivity index (χ1n) is 9.97. The minimum atomic E-state index is -0.158. The van der Waals surface area contributed by atoms with Crippen molar-refractivity contribution < 1.29 is 4.79 Å². The zero-order chi connectivity index (χ0) is 22.8. The van der Waals surface area contributed by atoms with Gasteiger partial charge in [0, 0.05) is 33.5 Å². The van der Waals surface area contributed by atoms with Crippen LogP contribution in [0.3, 0.4) is 0 Å². The molecule has 32 heavy (non-hydrogen) atoms. The van der Waals surface area contributed by atoms with Gasteiger partial charge >= 0.3 is 0 Å². The van der Waals surface area contributed by atoms with Crippen LogP contribution >= 0.6 is 35.0 Å². The predicted octanol–water partition coefficient (Wildman–Crippen LogP) is 5.68. The van der Waals surface area contributed by atoms with E-state index in [1.54, 1.807) is 10.6 Å². The van der Waals surface area contributed by atoms with Gasteiger partial charge in [-0.15, -0.1) is 5.10 Å². The molecule has 164 valence electrons. The number of anilines is 1. The van der Waals surface area contributed by atoms with Gasteiger partial charge in [-0.05, 0) is 55.7 Å². The first kappa shape index (κ1) is 22.6. The third-order valence-corrected chi connectivity index (χ3v) is 6.76. The average molecular weight is 486 g/mol. The lowest BCUT2D eigenvalue weighted by molar-refractivity contribution is -0.113. The summed E-state index contributed by atoms with van der Waals surface area (Å²) >= 11 is 13.7. The van der Waals surface area contributed by atoms with Crippen molar-refractivity contribution in [3.63, 3.8) is 0 Å². The molecule has 4 aromatic rings. The van der Waals surface area contributed by atoms with E-state index in [-0.39, 0.29) is 11.7 Å². The SMILES string of the molecule is Cc1ccc(NC(=O)CSc2nc3nc(C)c(Cc4ccccc4Cl)c(C)n3n2)cc1Cl. The van der Waals surface area contributed by atoms with Crippen LogP contribution in [-0.4, -0.2) is 31.2 Å². The van der Waals surface area contributed by atoms with Crippen LogP contribution in [0.15, 0.2) is 47.6 Å². The van der Waals surface area contributed by atoms with Crippen molar-refractivity contribution in [2.24, 2.45) is 0 Å². The second-order valence-electron chi connectivity index (χ2n) is 7.44. The Balaban J connectivity index is 1.49. The van der Waals surface area contributed by atoms with Crippen LogP contribution in [0.4, 0.5) is 5.69 Å². The van der Waals surface area contributed by atoms with Crippen LogP contribution in [0, 0.1) is 20.8 Å².